The van der Waals surface area contributed by atoms with Crippen molar-refractivity contribution in [3.8, 4) is 0 Å². The number of ether oxygens (including phenoxy) is 1. The Morgan fingerprint density at radius 1 is 1.05 bits per heavy atom. The molecular formula is C15H13ClINO. The van der Waals surface area contributed by atoms with Crippen LogP contribution in [0, 0.1) is 3.57 Å². The summed E-state index contributed by atoms with van der Waals surface area (Å²) < 4.78 is 6.47. The first-order valence-corrected chi connectivity index (χ1v) is 7.51. The van der Waals surface area contributed by atoms with Crippen molar-refractivity contribution in [1.29, 1.82) is 0 Å². The van der Waals surface area contributed by atoms with E-state index in [9.17, 15) is 0 Å². The van der Waals surface area contributed by atoms with Crippen molar-refractivity contribution in [2.24, 2.45) is 5.73 Å². The third-order valence-corrected chi connectivity index (χ3v) is 4.98. The molecule has 4 heteroatoms. The number of rotatable bonds is 2. The van der Waals surface area contributed by atoms with Crippen LogP contribution in [-0.4, -0.2) is 0 Å². The molecule has 0 spiro atoms. The quantitative estimate of drug-likeness (QED) is 0.793. The molecule has 0 aromatic heterocycles. The number of nitrogens with two attached hydrogens (primary N) is 1. The van der Waals surface area contributed by atoms with E-state index in [1.807, 2.05) is 18.2 Å². The first-order chi connectivity index (χ1) is 9.15. The fourth-order valence-electron chi connectivity index (χ4n) is 2.28. The topological polar surface area (TPSA) is 35.2 Å². The second kappa shape index (κ2) is 5.40. The molecule has 0 saturated heterocycles. The zero-order valence-electron chi connectivity index (χ0n) is 10.2. The smallest absolute Gasteiger partial charge is 0.0725 e. The van der Waals surface area contributed by atoms with Gasteiger partial charge in [-0.05, 0) is 57.0 Å². The fraction of sp³-hybridized carbons (Fsp3) is 0.200. The lowest BCUT2D eigenvalue weighted by Gasteiger charge is -2.14. The zero-order valence-corrected chi connectivity index (χ0v) is 13.1. The third kappa shape index (κ3) is 2.65. The molecule has 0 fully saturated rings. The van der Waals surface area contributed by atoms with Crippen LogP contribution in [0.3, 0.4) is 0 Å². The van der Waals surface area contributed by atoms with E-state index in [-0.39, 0.29) is 6.04 Å². The van der Waals surface area contributed by atoms with E-state index in [2.05, 4.69) is 40.8 Å². The summed E-state index contributed by atoms with van der Waals surface area (Å²) in [5, 5.41) is 0.748. The van der Waals surface area contributed by atoms with Crippen molar-refractivity contribution >= 4 is 34.2 Å². The van der Waals surface area contributed by atoms with Crippen LogP contribution in [0.1, 0.15) is 28.3 Å². The molecule has 1 unspecified atom stereocenters. The average Bonchev–Trinajstić information content (AvgIpc) is 2.88. The molecule has 2 aromatic carbocycles. The average molecular weight is 386 g/mol. The minimum atomic E-state index is -0.152. The largest absolute Gasteiger partial charge is 0.372 e. The summed E-state index contributed by atoms with van der Waals surface area (Å²) in [4.78, 5) is 0. The van der Waals surface area contributed by atoms with E-state index in [1.54, 1.807) is 0 Å². The Labute approximate surface area is 131 Å². The Kier molecular flexibility index (Phi) is 3.80. The molecule has 0 bridgehead atoms. The molecular weight excluding hydrogens is 373 g/mol. The predicted molar refractivity (Wildman–Crippen MR) is 85.1 cm³/mol. The second-order valence-corrected chi connectivity index (χ2v) is 6.24. The van der Waals surface area contributed by atoms with E-state index >= 15 is 0 Å². The van der Waals surface area contributed by atoms with Gasteiger partial charge in [0.2, 0.25) is 0 Å². The van der Waals surface area contributed by atoms with Crippen LogP contribution in [-0.2, 0) is 18.0 Å². The zero-order chi connectivity index (χ0) is 13.4. The van der Waals surface area contributed by atoms with Gasteiger partial charge in [0.1, 0.15) is 0 Å². The van der Waals surface area contributed by atoms with E-state index < -0.39 is 0 Å². The van der Waals surface area contributed by atoms with Gasteiger partial charge in [-0.25, -0.2) is 0 Å². The molecule has 2 N–H and O–H groups in total. The summed E-state index contributed by atoms with van der Waals surface area (Å²) in [6.07, 6.45) is 0. The first kappa shape index (κ1) is 13.4. The van der Waals surface area contributed by atoms with Gasteiger partial charge in [0.15, 0.2) is 0 Å². The van der Waals surface area contributed by atoms with Gasteiger partial charge in [-0.15, -0.1) is 0 Å². The lowest BCUT2D eigenvalue weighted by Crippen LogP contribution is -2.12. The van der Waals surface area contributed by atoms with Crippen LogP contribution in [0.5, 0.6) is 0 Å². The molecule has 0 amide bonds. The van der Waals surface area contributed by atoms with Crippen molar-refractivity contribution in [2.45, 2.75) is 19.3 Å². The molecule has 1 aliphatic rings. The highest BCUT2D eigenvalue weighted by Crippen LogP contribution is 2.28. The highest BCUT2D eigenvalue weighted by Gasteiger charge is 2.15. The molecule has 1 heterocycles. The van der Waals surface area contributed by atoms with Crippen LogP contribution in [0.15, 0.2) is 36.4 Å². The maximum atomic E-state index is 6.33. The third-order valence-electron chi connectivity index (χ3n) is 3.41. The first-order valence-electron chi connectivity index (χ1n) is 6.05. The van der Waals surface area contributed by atoms with E-state index in [1.165, 1.54) is 11.1 Å². The Balaban J connectivity index is 1.94. The van der Waals surface area contributed by atoms with Crippen molar-refractivity contribution in [3.05, 3.63) is 67.2 Å². The summed E-state index contributed by atoms with van der Waals surface area (Å²) in [5.74, 6) is 0. The Bertz CT molecular complexity index is 630. The Morgan fingerprint density at radius 3 is 2.53 bits per heavy atom. The summed E-state index contributed by atoms with van der Waals surface area (Å²) in [5.41, 5.74) is 11.0. The van der Waals surface area contributed by atoms with Gasteiger partial charge < -0.3 is 10.5 Å². The van der Waals surface area contributed by atoms with E-state index in [0.29, 0.717) is 13.2 Å². The summed E-state index contributed by atoms with van der Waals surface area (Å²) in [6.45, 7) is 1.39. The fourth-order valence-corrected chi connectivity index (χ4v) is 2.81. The second-order valence-electron chi connectivity index (χ2n) is 4.67. The molecule has 1 atom stereocenters. The van der Waals surface area contributed by atoms with Crippen LogP contribution in [0.25, 0.3) is 0 Å². The van der Waals surface area contributed by atoms with Crippen LogP contribution in [0.4, 0.5) is 0 Å². The van der Waals surface area contributed by atoms with Gasteiger partial charge in [-0.3, -0.25) is 0 Å². The van der Waals surface area contributed by atoms with Gasteiger partial charge in [-0.2, -0.15) is 0 Å². The van der Waals surface area contributed by atoms with Gasteiger partial charge in [-0.1, -0.05) is 35.9 Å². The van der Waals surface area contributed by atoms with Crippen LogP contribution < -0.4 is 5.73 Å². The molecule has 0 aliphatic carbocycles. The maximum Gasteiger partial charge on any atom is 0.0725 e. The normalized spacial score (nSPS) is 15.3. The van der Waals surface area contributed by atoms with E-state index in [0.717, 1.165) is 19.7 Å². The number of benzene rings is 2. The summed E-state index contributed by atoms with van der Waals surface area (Å²) in [6, 6.07) is 12.1. The Morgan fingerprint density at radius 2 is 1.74 bits per heavy atom. The van der Waals surface area contributed by atoms with Gasteiger partial charge >= 0.3 is 0 Å². The minimum absolute atomic E-state index is 0.152. The Hall–Kier alpha value is -0.620. The molecule has 0 radical (unpaired) electrons. The molecule has 3 rings (SSSR count). The lowest BCUT2D eigenvalue weighted by atomic mass is 9.96. The standard InChI is InChI=1S/C15H13ClINO/c16-13-6-10(3-4-14(13)17)15(18)9-1-2-11-7-19-8-12(11)5-9/h1-6,15H,7-8,18H2. The minimum Gasteiger partial charge on any atom is -0.372 e. The van der Waals surface area contributed by atoms with Crippen molar-refractivity contribution in [3.63, 3.8) is 0 Å². The van der Waals surface area contributed by atoms with Crippen molar-refractivity contribution in [1.82, 2.24) is 0 Å². The van der Waals surface area contributed by atoms with Crippen LogP contribution in [0.2, 0.25) is 5.02 Å². The molecule has 2 nitrogen and oxygen atoms in total. The van der Waals surface area contributed by atoms with Gasteiger partial charge in [0.05, 0.1) is 24.3 Å². The molecule has 98 valence electrons. The predicted octanol–water partition coefficient (Wildman–Crippen LogP) is 4.02. The number of fused-ring (bicyclic) bond motifs is 1. The highest BCUT2D eigenvalue weighted by molar-refractivity contribution is 14.1. The summed E-state index contributed by atoms with van der Waals surface area (Å²) >= 11 is 8.37. The van der Waals surface area contributed by atoms with Gasteiger partial charge in [0.25, 0.3) is 0 Å². The highest BCUT2D eigenvalue weighted by atomic mass is 127. The van der Waals surface area contributed by atoms with Crippen LogP contribution >= 0.6 is 34.2 Å². The molecule has 0 saturated carbocycles. The summed E-state index contributed by atoms with van der Waals surface area (Å²) in [7, 11) is 0. The lowest BCUT2D eigenvalue weighted by molar-refractivity contribution is 0.134. The molecule has 2 aromatic rings. The number of hydrogen-bond acceptors (Lipinski definition) is 2. The monoisotopic (exact) mass is 385 g/mol. The SMILES string of the molecule is NC(c1ccc(I)c(Cl)c1)c1ccc2c(c1)COC2. The maximum absolute atomic E-state index is 6.33. The molecule has 1 aliphatic heterocycles. The van der Waals surface area contributed by atoms with Gasteiger partial charge in [0, 0.05) is 3.57 Å². The molecule has 19 heavy (non-hydrogen) atoms. The van der Waals surface area contributed by atoms with Crippen molar-refractivity contribution < 1.29 is 4.74 Å². The van der Waals surface area contributed by atoms with E-state index in [4.69, 9.17) is 22.1 Å². The number of hydrogen-bond donors (Lipinski definition) is 1. The van der Waals surface area contributed by atoms with Crippen molar-refractivity contribution in [2.75, 3.05) is 0 Å². The number of halogens is 2.